The number of aliphatic hydroxyl groups is 2. The third-order valence-corrected chi connectivity index (χ3v) is 1.01. The quantitative estimate of drug-likeness (QED) is 0.473. The lowest BCUT2D eigenvalue weighted by molar-refractivity contribution is -0.131. The summed E-state index contributed by atoms with van der Waals surface area (Å²) < 4.78 is 9.87. The molecule has 0 radical (unpaired) electrons. The molecule has 0 unspecified atom stereocenters. The Hall–Kier alpha value is -0.740. The van der Waals surface area contributed by atoms with E-state index in [9.17, 15) is 0 Å². The van der Waals surface area contributed by atoms with Crippen molar-refractivity contribution in [2.75, 3.05) is 13.2 Å². The summed E-state index contributed by atoms with van der Waals surface area (Å²) >= 11 is 0. The third-order valence-electron chi connectivity index (χ3n) is 1.01. The zero-order valence-corrected chi connectivity index (χ0v) is 6.78. The van der Waals surface area contributed by atoms with E-state index in [0.29, 0.717) is 19.5 Å². The van der Waals surface area contributed by atoms with Crippen LogP contribution in [0.15, 0.2) is 12.0 Å². The summed E-state index contributed by atoms with van der Waals surface area (Å²) in [4.78, 5) is 0. The molecule has 0 aliphatic rings. The zero-order valence-electron chi connectivity index (χ0n) is 6.78. The molecule has 11 heavy (non-hydrogen) atoms. The van der Waals surface area contributed by atoms with Crippen molar-refractivity contribution in [3.63, 3.8) is 0 Å². The maximum absolute atomic E-state index is 8.94. The van der Waals surface area contributed by atoms with Crippen LogP contribution in [0.25, 0.3) is 0 Å². The first-order chi connectivity index (χ1) is 5.26. The van der Waals surface area contributed by atoms with Gasteiger partial charge in [-0.05, 0) is 13.8 Å². The molecular weight excluding hydrogens is 148 g/mol. The van der Waals surface area contributed by atoms with Gasteiger partial charge >= 0.3 is 0 Å². The number of rotatable bonds is 5. The molecule has 66 valence electrons. The minimum Gasteiger partial charge on any atom is -0.512 e. The van der Waals surface area contributed by atoms with Gasteiger partial charge in [-0.3, -0.25) is 0 Å². The normalized spacial score (nSPS) is 12.5. The molecule has 0 amide bonds. The number of aliphatic hydroxyl groups excluding tert-OH is 2. The SMILES string of the molecule is CCOC(OCC)/C(O)=C/O. The second kappa shape index (κ2) is 6.00. The largest absolute Gasteiger partial charge is 0.512 e. The van der Waals surface area contributed by atoms with Gasteiger partial charge in [0.05, 0.1) is 0 Å². The van der Waals surface area contributed by atoms with Gasteiger partial charge < -0.3 is 19.7 Å². The maximum atomic E-state index is 8.94. The van der Waals surface area contributed by atoms with E-state index in [1.54, 1.807) is 13.8 Å². The second-order valence-electron chi connectivity index (χ2n) is 1.80. The van der Waals surface area contributed by atoms with Crippen LogP contribution in [-0.4, -0.2) is 29.7 Å². The predicted octanol–water partition coefficient (Wildman–Crippen LogP) is 1.34. The first-order valence-electron chi connectivity index (χ1n) is 3.52. The van der Waals surface area contributed by atoms with Crippen molar-refractivity contribution in [1.29, 1.82) is 0 Å². The molecule has 4 nitrogen and oxygen atoms in total. The fourth-order valence-electron chi connectivity index (χ4n) is 0.582. The van der Waals surface area contributed by atoms with Crippen molar-refractivity contribution in [1.82, 2.24) is 0 Å². The lowest BCUT2D eigenvalue weighted by Gasteiger charge is -2.14. The highest BCUT2D eigenvalue weighted by Crippen LogP contribution is 2.04. The van der Waals surface area contributed by atoms with Crippen LogP contribution in [0, 0.1) is 0 Å². The van der Waals surface area contributed by atoms with Crippen LogP contribution >= 0.6 is 0 Å². The molecule has 0 atom stereocenters. The average molecular weight is 162 g/mol. The smallest absolute Gasteiger partial charge is 0.219 e. The Morgan fingerprint density at radius 3 is 2.09 bits per heavy atom. The van der Waals surface area contributed by atoms with Crippen LogP contribution in [0.3, 0.4) is 0 Å². The van der Waals surface area contributed by atoms with Gasteiger partial charge in [-0.15, -0.1) is 0 Å². The molecule has 0 aromatic heterocycles. The Labute approximate surface area is 66.1 Å². The van der Waals surface area contributed by atoms with Gasteiger partial charge in [-0.25, -0.2) is 0 Å². The van der Waals surface area contributed by atoms with E-state index in [2.05, 4.69) is 0 Å². The van der Waals surface area contributed by atoms with E-state index >= 15 is 0 Å². The van der Waals surface area contributed by atoms with Gasteiger partial charge in [0.1, 0.15) is 6.26 Å². The summed E-state index contributed by atoms with van der Waals surface area (Å²) in [5.74, 6) is -0.311. The lowest BCUT2D eigenvalue weighted by atomic mass is 10.5. The summed E-state index contributed by atoms with van der Waals surface area (Å²) in [5, 5.41) is 17.3. The van der Waals surface area contributed by atoms with E-state index in [1.807, 2.05) is 0 Å². The molecular formula is C7H14O4. The van der Waals surface area contributed by atoms with Gasteiger partial charge in [0.2, 0.25) is 6.29 Å². The van der Waals surface area contributed by atoms with E-state index in [0.717, 1.165) is 0 Å². The topological polar surface area (TPSA) is 58.9 Å². The van der Waals surface area contributed by atoms with Crippen LogP contribution in [0.1, 0.15) is 13.8 Å². The molecule has 0 saturated carbocycles. The maximum Gasteiger partial charge on any atom is 0.219 e. The third kappa shape index (κ3) is 3.85. The molecule has 0 fully saturated rings. The van der Waals surface area contributed by atoms with Gasteiger partial charge in [-0.2, -0.15) is 0 Å². The first kappa shape index (κ1) is 10.3. The van der Waals surface area contributed by atoms with E-state index in [4.69, 9.17) is 19.7 Å². The van der Waals surface area contributed by atoms with E-state index in [-0.39, 0.29) is 5.76 Å². The molecule has 4 heteroatoms. The summed E-state index contributed by atoms with van der Waals surface area (Å²) in [6.45, 7) is 4.39. The second-order valence-corrected chi connectivity index (χ2v) is 1.80. The van der Waals surface area contributed by atoms with Crippen LogP contribution in [0.5, 0.6) is 0 Å². The Balaban J connectivity index is 3.87. The van der Waals surface area contributed by atoms with Crippen molar-refractivity contribution >= 4 is 0 Å². The minimum absolute atomic E-state index is 0.311. The van der Waals surface area contributed by atoms with Gasteiger partial charge in [0, 0.05) is 13.2 Å². The van der Waals surface area contributed by atoms with Crippen molar-refractivity contribution in [2.24, 2.45) is 0 Å². The summed E-state index contributed by atoms with van der Waals surface area (Å²) in [6, 6.07) is 0. The molecule has 0 aliphatic carbocycles. The molecule has 0 aromatic carbocycles. The minimum atomic E-state index is -0.838. The number of hydrogen-bond acceptors (Lipinski definition) is 4. The Morgan fingerprint density at radius 2 is 1.82 bits per heavy atom. The van der Waals surface area contributed by atoms with Crippen molar-refractivity contribution in [3.05, 3.63) is 12.0 Å². The molecule has 2 N–H and O–H groups in total. The summed E-state index contributed by atoms with van der Waals surface area (Å²) in [6.07, 6.45) is -0.273. The van der Waals surface area contributed by atoms with Crippen LogP contribution < -0.4 is 0 Å². The van der Waals surface area contributed by atoms with Crippen LogP contribution in [0.2, 0.25) is 0 Å². The van der Waals surface area contributed by atoms with Crippen molar-refractivity contribution in [2.45, 2.75) is 20.1 Å². The highest BCUT2D eigenvalue weighted by Gasteiger charge is 2.12. The van der Waals surface area contributed by atoms with Crippen molar-refractivity contribution < 1.29 is 19.7 Å². The van der Waals surface area contributed by atoms with E-state index in [1.165, 1.54) is 0 Å². The molecule has 0 rings (SSSR count). The highest BCUT2D eigenvalue weighted by atomic mass is 16.7. The molecule has 0 aliphatic heterocycles. The monoisotopic (exact) mass is 162 g/mol. The van der Waals surface area contributed by atoms with Gasteiger partial charge in [-0.1, -0.05) is 0 Å². The number of hydrogen-bond donors (Lipinski definition) is 2. The van der Waals surface area contributed by atoms with Gasteiger partial charge in [0.15, 0.2) is 5.76 Å². The Bertz CT molecular complexity index is 116. The highest BCUT2D eigenvalue weighted by molar-refractivity contribution is 4.87. The fraction of sp³-hybridized carbons (Fsp3) is 0.714. The standard InChI is InChI=1S/C7H14O4/c1-3-10-7(11-4-2)6(9)5-8/h5,7-9H,3-4H2,1-2H3/b6-5-. The molecule has 0 saturated heterocycles. The zero-order chi connectivity index (χ0) is 8.69. The molecule has 0 bridgehead atoms. The Morgan fingerprint density at radius 1 is 1.36 bits per heavy atom. The lowest BCUT2D eigenvalue weighted by Crippen LogP contribution is -2.19. The summed E-state index contributed by atoms with van der Waals surface area (Å²) in [5.41, 5.74) is 0. The number of ether oxygens (including phenoxy) is 2. The summed E-state index contributed by atoms with van der Waals surface area (Å²) in [7, 11) is 0. The fourth-order valence-corrected chi connectivity index (χ4v) is 0.582. The van der Waals surface area contributed by atoms with Crippen molar-refractivity contribution in [3.8, 4) is 0 Å². The predicted molar refractivity (Wildman–Crippen MR) is 40.4 cm³/mol. The molecule has 0 aromatic rings. The van der Waals surface area contributed by atoms with E-state index < -0.39 is 6.29 Å². The molecule has 0 spiro atoms. The Kier molecular flexibility index (Phi) is 5.60. The average Bonchev–Trinajstić information content (AvgIpc) is 2.03. The molecule has 0 heterocycles. The first-order valence-corrected chi connectivity index (χ1v) is 3.52. The van der Waals surface area contributed by atoms with Crippen LogP contribution in [-0.2, 0) is 9.47 Å². The van der Waals surface area contributed by atoms with Gasteiger partial charge in [0.25, 0.3) is 0 Å². The van der Waals surface area contributed by atoms with Crippen LogP contribution in [0.4, 0.5) is 0 Å².